The second-order valence-corrected chi connectivity index (χ2v) is 6.64. The Balaban J connectivity index is 1.97. The Bertz CT molecular complexity index is 657. The van der Waals surface area contributed by atoms with E-state index in [4.69, 9.17) is 16.7 Å². The maximum Gasteiger partial charge on any atom is 0.416 e. The van der Waals surface area contributed by atoms with Gasteiger partial charge in [0.15, 0.2) is 0 Å². The third-order valence-electron chi connectivity index (χ3n) is 4.35. The molecular weight excluding hydrogens is 359 g/mol. The van der Waals surface area contributed by atoms with Crippen molar-refractivity contribution in [2.24, 2.45) is 0 Å². The SMILES string of the molecule is O=C(O)CCCCCNC(=O)C1(c2cc(C(F)(F)F)ccc2Cl)CC1. The van der Waals surface area contributed by atoms with Crippen molar-refractivity contribution in [2.45, 2.75) is 50.1 Å². The molecule has 0 bridgehead atoms. The van der Waals surface area contributed by atoms with Crippen molar-refractivity contribution >= 4 is 23.5 Å². The van der Waals surface area contributed by atoms with E-state index in [1.165, 1.54) is 6.07 Å². The normalized spacial score (nSPS) is 15.7. The molecule has 1 aliphatic carbocycles. The molecule has 1 fully saturated rings. The second kappa shape index (κ2) is 7.64. The molecule has 0 heterocycles. The van der Waals surface area contributed by atoms with Crippen molar-refractivity contribution < 1.29 is 27.9 Å². The fraction of sp³-hybridized carbons (Fsp3) is 0.529. The zero-order valence-corrected chi connectivity index (χ0v) is 14.2. The number of benzene rings is 1. The van der Waals surface area contributed by atoms with Gasteiger partial charge in [-0.25, -0.2) is 0 Å². The highest BCUT2D eigenvalue weighted by atomic mass is 35.5. The summed E-state index contributed by atoms with van der Waals surface area (Å²) >= 11 is 6.04. The van der Waals surface area contributed by atoms with Crippen molar-refractivity contribution in [1.82, 2.24) is 5.32 Å². The third-order valence-corrected chi connectivity index (χ3v) is 4.68. The summed E-state index contributed by atoms with van der Waals surface area (Å²) in [5.74, 6) is -1.19. The highest BCUT2D eigenvalue weighted by Gasteiger charge is 2.52. The van der Waals surface area contributed by atoms with Gasteiger partial charge in [0.25, 0.3) is 0 Å². The summed E-state index contributed by atoms with van der Waals surface area (Å²) < 4.78 is 38.7. The van der Waals surface area contributed by atoms with Crippen LogP contribution in [0.4, 0.5) is 13.2 Å². The highest BCUT2D eigenvalue weighted by Crippen LogP contribution is 2.51. The lowest BCUT2D eigenvalue weighted by molar-refractivity contribution is -0.138. The number of carbonyl (C=O) groups excluding carboxylic acids is 1. The Hall–Kier alpha value is -1.76. The molecule has 1 saturated carbocycles. The smallest absolute Gasteiger partial charge is 0.416 e. The van der Waals surface area contributed by atoms with E-state index in [9.17, 15) is 22.8 Å². The second-order valence-electron chi connectivity index (χ2n) is 6.23. The number of rotatable bonds is 8. The standard InChI is InChI=1S/C17H19ClF3NO3/c18-13-6-5-11(17(19,20)21)10-12(13)16(7-8-16)15(25)22-9-3-1-2-4-14(23)24/h5-6,10H,1-4,7-9H2,(H,22,25)(H,23,24). The Morgan fingerprint density at radius 3 is 2.44 bits per heavy atom. The van der Waals surface area contributed by atoms with Gasteiger partial charge in [0.1, 0.15) is 0 Å². The molecular formula is C17H19ClF3NO3. The lowest BCUT2D eigenvalue weighted by atomic mass is 9.93. The first-order valence-electron chi connectivity index (χ1n) is 8.04. The van der Waals surface area contributed by atoms with Crippen LogP contribution < -0.4 is 5.32 Å². The van der Waals surface area contributed by atoms with Crippen LogP contribution >= 0.6 is 11.6 Å². The van der Waals surface area contributed by atoms with E-state index in [1.54, 1.807) is 0 Å². The molecule has 0 atom stereocenters. The number of hydrogen-bond acceptors (Lipinski definition) is 2. The van der Waals surface area contributed by atoms with E-state index in [0.717, 1.165) is 12.1 Å². The van der Waals surface area contributed by atoms with Crippen molar-refractivity contribution in [3.8, 4) is 0 Å². The number of alkyl halides is 3. The number of amides is 1. The number of aliphatic carboxylic acids is 1. The molecule has 0 aliphatic heterocycles. The molecule has 8 heteroatoms. The summed E-state index contributed by atoms with van der Waals surface area (Å²) in [6.45, 7) is 0.358. The van der Waals surface area contributed by atoms with Crippen LogP contribution in [0.15, 0.2) is 18.2 Å². The van der Waals surface area contributed by atoms with Crippen molar-refractivity contribution in [3.05, 3.63) is 34.3 Å². The number of carbonyl (C=O) groups is 2. The van der Waals surface area contributed by atoms with Crippen LogP contribution in [-0.2, 0) is 21.2 Å². The molecule has 25 heavy (non-hydrogen) atoms. The Kier molecular flexibility index (Phi) is 5.98. The molecule has 4 nitrogen and oxygen atoms in total. The van der Waals surface area contributed by atoms with Gasteiger partial charge in [-0.1, -0.05) is 18.0 Å². The number of carboxylic acid groups (broad SMARTS) is 1. The lowest BCUT2D eigenvalue weighted by Crippen LogP contribution is -2.35. The zero-order valence-electron chi connectivity index (χ0n) is 13.5. The summed E-state index contributed by atoms with van der Waals surface area (Å²) in [4.78, 5) is 22.8. The predicted molar refractivity (Wildman–Crippen MR) is 86.5 cm³/mol. The van der Waals surface area contributed by atoms with Crippen LogP contribution in [0, 0.1) is 0 Å². The molecule has 1 aromatic carbocycles. The molecule has 2 rings (SSSR count). The van der Waals surface area contributed by atoms with Gasteiger partial charge in [0.05, 0.1) is 11.0 Å². The molecule has 2 N–H and O–H groups in total. The number of nitrogens with one attached hydrogen (secondary N) is 1. The van der Waals surface area contributed by atoms with Crippen molar-refractivity contribution in [1.29, 1.82) is 0 Å². The summed E-state index contributed by atoms with van der Waals surface area (Å²) in [7, 11) is 0. The van der Waals surface area contributed by atoms with Crippen molar-refractivity contribution in [2.75, 3.05) is 6.54 Å². The first-order valence-corrected chi connectivity index (χ1v) is 8.42. The topological polar surface area (TPSA) is 66.4 Å². The van der Waals surface area contributed by atoms with Gasteiger partial charge < -0.3 is 10.4 Å². The summed E-state index contributed by atoms with van der Waals surface area (Å²) in [6.07, 6.45) is -1.70. The molecule has 0 saturated heterocycles. The zero-order chi connectivity index (χ0) is 18.7. The van der Waals surface area contributed by atoms with Gasteiger partial charge in [-0.3, -0.25) is 9.59 Å². The predicted octanol–water partition coefficient (Wildman–Crippen LogP) is 4.15. The average Bonchev–Trinajstić information content (AvgIpc) is 3.31. The van der Waals surface area contributed by atoms with E-state index in [0.29, 0.717) is 38.6 Å². The molecule has 0 aromatic heterocycles. The molecule has 0 spiro atoms. The van der Waals surface area contributed by atoms with Gasteiger partial charge in [0.2, 0.25) is 5.91 Å². The summed E-state index contributed by atoms with van der Waals surface area (Å²) in [5, 5.41) is 11.4. The summed E-state index contributed by atoms with van der Waals surface area (Å²) in [5.41, 5.74) is -1.59. The Morgan fingerprint density at radius 2 is 1.88 bits per heavy atom. The minimum absolute atomic E-state index is 0.0811. The number of hydrogen-bond donors (Lipinski definition) is 2. The minimum Gasteiger partial charge on any atom is -0.481 e. The first-order chi connectivity index (χ1) is 11.7. The average molecular weight is 378 g/mol. The van der Waals surface area contributed by atoms with Crippen LogP contribution in [-0.4, -0.2) is 23.5 Å². The van der Waals surface area contributed by atoms with Gasteiger partial charge in [0, 0.05) is 18.0 Å². The maximum atomic E-state index is 12.9. The molecule has 1 aromatic rings. The Morgan fingerprint density at radius 1 is 1.20 bits per heavy atom. The monoisotopic (exact) mass is 377 g/mol. The van der Waals surface area contributed by atoms with Gasteiger partial charge in [-0.2, -0.15) is 13.2 Å². The highest BCUT2D eigenvalue weighted by molar-refractivity contribution is 6.32. The van der Waals surface area contributed by atoms with E-state index < -0.39 is 23.1 Å². The molecule has 138 valence electrons. The largest absolute Gasteiger partial charge is 0.481 e. The summed E-state index contributed by atoms with van der Waals surface area (Å²) in [6, 6.07) is 3.04. The van der Waals surface area contributed by atoms with Crippen LogP contribution in [0.3, 0.4) is 0 Å². The lowest BCUT2D eigenvalue weighted by Gasteiger charge is -2.19. The van der Waals surface area contributed by atoms with E-state index in [-0.39, 0.29) is 22.9 Å². The van der Waals surface area contributed by atoms with Gasteiger partial charge in [-0.05, 0) is 49.4 Å². The third kappa shape index (κ3) is 4.87. The minimum atomic E-state index is -4.49. The molecule has 0 unspecified atom stereocenters. The molecule has 0 radical (unpaired) electrons. The van der Waals surface area contributed by atoms with Crippen LogP contribution in [0.2, 0.25) is 5.02 Å². The van der Waals surface area contributed by atoms with E-state index >= 15 is 0 Å². The number of halogens is 4. The number of carboxylic acids is 1. The molecule has 1 amide bonds. The first kappa shape index (κ1) is 19.6. The van der Waals surface area contributed by atoms with Gasteiger partial charge >= 0.3 is 12.1 Å². The Labute approximate surface area is 148 Å². The van der Waals surface area contributed by atoms with Crippen LogP contribution in [0.5, 0.6) is 0 Å². The van der Waals surface area contributed by atoms with Crippen LogP contribution in [0.25, 0.3) is 0 Å². The van der Waals surface area contributed by atoms with Gasteiger partial charge in [-0.15, -0.1) is 0 Å². The van der Waals surface area contributed by atoms with Crippen LogP contribution in [0.1, 0.15) is 49.7 Å². The molecule has 1 aliphatic rings. The maximum absolute atomic E-state index is 12.9. The fourth-order valence-electron chi connectivity index (χ4n) is 2.76. The quantitative estimate of drug-likeness (QED) is 0.669. The number of unbranched alkanes of at least 4 members (excludes halogenated alkanes) is 2. The van der Waals surface area contributed by atoms with Crippen molar-refractivity contribution in [3.63, 3.8) is 0 Å². The fourth-order valence-corrected chi connectivity index (χ4v) is 3.06. The van der Waals surface area contributed by atoms with E-state index in [1.807, 2.05) is 0 Å². The van der Waals surface area contributed by atoms with E-state index in [2.05, 4.69) is 5.32 Å².